The number of rotatable bonds is 7. The van der Waals surface area contributed by atoms with Crippen LogP contribution in [0.25, 0.3) is 6.08 Å². The van der Waals surface area contributed by atoms with Crippen molar-refractivity contribution in [2.45, 2.75) is 59.3 Å². The van der Waals surface area contributed by atoms with Gasteiger partial charge in [-0.15, -0.1) is 0 Å². The summed E-state index contributed by atoms with van der Waals surface area (Å²) in [5.74, 6) is -0.208. The zero-order valence-corrected chi connectivity index (χ0v) is 20.2. The second kappa shape index (κ2) is 11.5. The number of H-pyrrole nitrogens is 1. The van der Waals surface area contributed by atoms with Crippen LogP contribution in [0.15, 0.2) is 29.0 Å². The Morgan fingerprint density at radius 3 is 2.74 bits per heavy atom. The van der Waals surface area contributed by atoms with Crippen LogP contribution in [0.2, 0.25) is 0 Å². The number of aromatic nitrogens is 1. The van der Waals surface area contributed by atoms with Crippen molar-refractivity contribution < 1.29 is 14.4 Å². The van der Waals surface area contributed by atoms with E-state index in [0.717, 1.165) is 37.1 Å². The van der Waals surface area contributed by atoms with Gasteiger partial charge in [0.15, 0.2) is 0 Å². The molecule has 2 aliphatic rings. The van der Waals surface area contributed by atoms with Gasteiger partial charge in [0.2, 0.25) is 5.91 Å². The van der Waals surface area contributed by atoms with Gasteiger partial charge in [0.1, 0.15) is 0 Å². The highest BCUT2D eigenvalue weighted by Gasteiger charge is 2.27. The summed E-state index contributed by atoms with van der Waals surface area (Å²) in [7, 11) is 0. The molecule has 1 aromatic heterocycles. The molecule has 3 N–H and O–H groups in total. The third-order valence-corrected chi connectivity index (χ3v) is 6.31. The molecule has 0 bridgehead atoms. The Labute approximate surface area is 200 Å². The molecule has 0 unspecified atom stereocenters. The maximum atomic E-state index is 12.9. The molecule has 0 aromatic carbocycles. The normalized spacial score (nSPS) is 20.1. The van der Waals surface area contributed by atoms with E-state index in [9.17, 15) is 14.4 Å². The molecule has 3 amide bonds. The van der Waals surface area contributed by atoms with E-state index in [-0.39, 0.29) is 24.1 Å². The highest BCUT2D eigenvalue weighted by molar-refractivity contribution is 6.09. The van der Waals surface area contributed by atoms with Gasteiger partial charge < -0.3 is 20.5 Å². The van der Waals surface area contributed by atoms with E-state index in [1.165, 1.54) is 0 Å². The lowest BCUT2D eigenvalue weighted by atomic mass is 10.0. The smallest absolute Gasteiger partial charge is 0.256 e. The van der Waals surface area contributed by atoms with E-state index in [2.05, 4.69) is 21.7 Å². The number of hydrogen-bond donors (Lipinski definition) is 3. The number of nitrogens with one attached hydrogen (secondary N) is 3. The molecular weight excluding hydrogens is 430 g/mol. The maximum Gasteiger partial charge on any atom is 0.256 e. The van der Waals surface area contributed by atoms with Crippen LogP contribution in [-0.4, -0.2) is 47.2 Å². The molecular formula is C26H33N5O3. The Kier molecular flexibility index (Phi) is 8.47. The lowest BCUT2D eigenvalue weighted by Gasteiger charge is -2.20. The fourth-order valence-electron chi connectivity index (χ4n) is 4.50. The summed E-state index contributed by atoms with van der Waals surface area (Å²) in [5, 5.41) is 14.7. The van der Waals surface area contributed by atoms with Gasteiger partial charge in [-0.2, -0.15) is 5.26 Å². The van der Waals surface area contributed by atoms with Crippen molar-refractivity contribution in [2.75, 3.05) is 19.6 Å². The summed E-state index contributed by atoms with van der Waals surface area (Å²) in [4.78, 5) is 42.7. The van der Waals surface area contributed by atoms with Gasteiger partial charge in [0.05, 0.1) is 23.6 Å². The largest absolute Gasteiger partial charge is 0.358 e. The fourth-order valence-corrected chi connectivity index (χ4v) is 4.50. The highest BCUT2D eigenvalue weighted by atomic mass is 16.2. The van der Waals surface area contributed by atoms with E-state index in [1.807, 2.05) is 25.7 Å². The van der Waals surface area contributed by atoms with Crippen molar-refractivity contribution in [1.82, 2.24) is 20.5 Å². The first-order chi connectivity index (χ1) is 16.4. The van der Waals surface area contributed by atoms with Crippen LogP contribution in [0, 0.1) is 25.2 Å². The van der Waals surface area contributed by atoms with E-state index in [0.29, 0.717) is 54.0 Å². The van der Waals surface area contributed by atoms with Crippen molar-refractivity contribution in [3.05, 3.63) is 51.5 Å². The van der Waals surface area contributed by atoms with Crippen molar-refractivity contribution in [2.24, 2.45) is 0 Å². The number of amides is 3. The number of allylic oxidation sites excluding steroid dienone is 3. The van der Waals surface area contributed by atoms with Crippen molar-refractivity contribution in [1.29, 1.82) is 5.26 Å². The minimum absolute atomic E-state index is 0.177. The second-order valence-corrected chi connectivity index (χ2v) is 8.66. The Balaban J connectivity index is 1.70. The highest BCUT2D eigenvalue weighted by Crippen LogP contribution is 2.29. The summed E-state index contributed by atoms with van der Waals surface area (Å²) in [5.41, 5.74) is 4.54. The predicted octanol–water partition coefficient (Wildman–Crippen LogP) is 3.41. The average molecular weight is 464 g/mol. The van der Waals surface area contributed by atoms with Crippen LogP contribution in [0.5, 0.6) is 0 Å². The third-order valence-electron chi connectivity index (χ3n) is 6.31. The van der Waals surface area contributed by atoms with E-state index < -0.39 is 0 Å². The molecule has 0 radical (unpaired) electrons. The third kappa shape index (κ3) is 5.66. The maximum absolute atomic E-state index is 12.9. The van der Waals surface area contributed by atoms with Gasteiger partial charge in [-0.1, -0.05) is 18.6 Å². The molecule has 2 aliphatic heterocycles. The SMILES string of the molecule is C/C=C1/NC(=O)C(=C\c2[nH]c(C)c(C(=O)NCCCN3CCCCCC3=O)c2C)/C1=C/CC#N. The Hall–Kier alpha value is -3.60. The lowest BCUT2D eigenvalue weighted by molar-refractivity contribution is -0.130. The molecule has 0 atom stereocenters. The first kappa shape index (κ1) is 25.0. The minimum atomic E-state index is -0.238. The van der Waals surface area contributed by atoms with Crippen LogP contribution in [0.1, 0.15) is 72.8 Å². The number of nitrogens with zero attached hydrogens (tertiary/aromatic N) is 2. The van der Waals surface area contributed by atoms with Gasteiger partial charge in [0.25, 0.3) is 11.8 Å². The van der Waals surface area contributed by atoms with Crippen molar-refractivity contribution >= 4 is 23.8 Å². The van der Waals surface area contributed by atoms with Crippen molar-refractivity contribution in [3.8, 4) is 6.07 Å². The summed E-state index contributed by atoms with van der Waals surface area (Å²) in [6.07, 6.45) is 9.88. The average Bonchev–Trinajstić information content (AvgIpc) is 3.16. The van der Waals surface area contributed by atoms with E-state index in [1.54, 1.807) is 18.2 Å². The zero-order chi connectivity index (χ0) is 24.7. The van der Waals surface area contributed by atoms with Gasteiger partial charge in [0, 0.05) is 48.7 Å². The molecule has 1 aromatic rings. The Bertz CT molecular complexity index is 1100. The van der Waals surface area contributed by atoms with Crippen LogP contribution in [0.3, 0.4) is 0 Å². The zero-order valence-electron chi connectivity index (χ0n) is 20.2. The first-order valence-corrected chi connectivity index (χ1v) is 11.9. The summed E-state index contributed by atoms with van der Waals surface area (Å²) in [6, 6.07) is 2.08. The predicted molar refractivity (Wildman–Crippen MR) is 130 cm³/mol. The monoisotopic (exact) mass is 463 g/mol. The van der Waals surface area contributed by atoms with Crippen LogP contribution in [-0.2, 0) is 9.59 Å². The lowest BCUT2D eigenvalue weighted by Crippen LogP contribution is -2.34. The van der Waals surface area contributed by atoms with Gasteiger partial charge >= 0.3 is 0 Å². The van der Waals surface area contributed by atoms with Crippen LogP contribution >= 0.6 is 0 Å². The van der Waals surface area contributed by atoms with E-state index >= 15 is 0 Å². The van der Waals surface area contributed by atoms with Crippen LogP contribution < -0.4 is 10.6 Å². The second-order valence-electron chi connectivity index (χ2n) is 8.66. The number of aromatic amines is 1. The molecule has 3 heterocycles. The Morgan fingerprint density at radius 1 is 1.21 bits per heavy atom. The standard InChI is InChI=1S/C26H33N5O3/c1-4-21-19(10-8-12-27)20(25(33)30-21)16-22-17(2)24(18(3)29-22)26(34)28-13-9-15-31-14-7-5-6-11-23(31)32/h4,10,16,29H,5-9,11,13-15H2,1-3H3,(H,28,34)(H,30,33)/b19-10-,20-16-,21-4+. The fraction of sp³-hybridized carbons (Fsp3) is 0.462. The molecule has 8 heteroatoms. The quantitative estimate of drug-likeness (QED) is 0.424. The number of carbonyl (C=O) groups is 3. The van der Waals surface area contributed by atoms with Gasteiger partial charge in [-0.3, -0.25) is 14.4 Å². The summed E-state index contributed by atoms with van der Waals surface area (Å²) in [6.45, 7) is 7.45. The Morgan fingerprint density at radius 2 is 2.00 bits per heavy atom. The first-order valence-electron chi connectivity index (χ1n) is 11.9. The molecule has 2 fully saturated rings. The number of hydrogen-bond acceptors (Lipinski definition) is 4. The van der Waals surface area contributed by atoms with Crippen molar-refractivity contribution in [3.63, 3.8) is 0 Å². The minimum Gasteiger partial charge on any atom is -0.358 e. The number of likely N-dealkylation sites (tertiary alicyclic amines) is 1. The molecule has 180 valence electrons. The van der Waals surface area contributed by atoms with Gasteiger partial charge in [-0.05, 0) is 51.7 Å². The number of aryl methyl sites for hydroxylation is 1. The van der Waals surface area contributed by atoms with Crippen LogP contribution in [0.4, 0.5) is 0 Å². The molecule has 0 spiro atoms. The summed E-state index contributed by atoms with van der Waals surface area (Å²) < 4.78 is 0. The van der Waals surface area contributed by atoms with Gasteiger partial charge in [-0.25, -0.2) is 0 Å². The van der Waals surface area contributed by atoms with E-state index in [4.69, 9.17) is 5.26 Å². The summed E-state index contributed by atoms with van der Waals surface area (Å²) >= 11 is 0. The molecule has 0 saturated carbocycles. The molecule has 34 heavy (non-hydrogen) atoms. The molecule has 0 aliphatic carbocycles. The number of nitriles is 1. The topological polar surface area (TPSA) is 118 Å². The molecule has 2 saturated heterocycles. The molecule has 8 nitrogen and oxygen atoms in total. The number of carbonyl (C=O) groups excluding carboxylic acids is 3. The molecule has 3 rings (SSSR count).